The molecule has 9 nitrogen and oxygen atoms in total. The van der Waals surface area contributed by atoms with Crippen LogP contribution in [0.3, 0.4) is 0 Å². The van der Waals surface area contributed by atoms with Crippen LogP contribution in [0.4, 0.5) is 0 Å². The molecule has 0 amide bonds. The molecule has 1 rings (SSSR count). The van der Waals surface area contributed by atoms with Crippen molar-refractivity contribution in [1.82, 2.24) is 0 Å². The van der Waals surface area contributed by atoms with Gasteiger partial charge in [0.1, 0.15) is 30.5 Å². The van der Waals surface area contributed by atoms with E-state index in [0.29, 0.717) is 13.0 Å². The first-order valence-electron chi connectivity index (χ1n) is 22.2. The van der Waals surface area contributed by atoms with E-state index in [2.05, 4.69) is 62.5 Å². The first-order chi connectivity index (χ1) is 26.9. The molecule has 0 aromatic heterocycles. The Morgan fingerprint density at radius 2 is 1.09 bits per heavy atom. The molecule has 0 aliphatic carbocycles. The summed E-state index contributed by atoms with van der Waals surface area (Å²) in [6, 6.07) is 0. The van der Waals surface area contributed by atoms with Gasteiger partial charge in [-0.05, 0) is 44.9 Å². The van der Waals surface area contributed by atoms with Crippen LogP contribution < -0.4 is 0 Å². The van der Waals surface area contributed by atoms with Gasteiger partial charge in [0.25, 0.3) is 0 Å². The predicted molar refractivity (Wildman–Crippen MR) is 224 cm³/mol. The lowest BCUT2D eigenvalue weighted by Crippen LogP contribution is -2.59. The maximum Gasteiger partial charge on any atom is 0.306 e. The molecule has 6 atom stereocenters. The van der Waals surface area contributed by atoms with Gasteiger partial charge < -0.3 is 39.4 Å². The molecule has 1 aliphatic rings. The summed E-state index contributed by atoms with van der Waals surface area (Å²) >= 11 is 0. The van der Waals surface area contributed by atoms with E-state index in [1.54, 1.807) is 0 Å². The number of allylic oxidation sites excluding steroid dienone is 8. The van der Waals surface area contributed by atoms with Gasteiger partial charge in [-0.2, -0.15) is 0 Å². The number of carbonyl (C=O) groups is 1. The van der Waals surface area contributed by atoms with Crippen molar-refractivity contribution in [2.75, 3.05) is 26.4 Å². The van der Waals surface area contributed by atoms with Crippen molar-refractivity contribution in [2.45, 2.75) is 211 Å². The van der Waals surface area contributed by atoms with Crippen molar-refractivity contribution in [3.8, 4) is 0 Å². The number of hydrogen-bond donors (Lipinski definition) is 4. The maximum atomic E-state index is 12.8. The van der Waals surface area contributed by atoms with E-state index in [-0.39, 0.29) is 19.2 Å². The second-order valence-corrected chi connectivity index (χ2v) is 15.1. The number of aliphatic hydroxyl groups excluding tert-OH is 4. The molecule has 1 fully saturated rings. The van der Waals surface area contributed by atoms with Crippen molar-refractivity contribution in [2.24, 2.45) is 0 Å². The lowest BCUT2D eigenvalue weighted by Gasteiger charge is -2.39. The van der Waals surface area contributed by atoms with Gasteiger partial charge in [0.05, 0.1) is 19.8 Å². The third-order valence-corrected chi connectivity index (χ3v) is 10.0. The average Bonchev–Trinajstić information content (AvgIpc) is 3.18. The van der Waals surface area contributed by atoms with Crippen molar-refractivity contribution >= 4 is 5.97 Å². The summed E-state index contributed by atoms with van der Waals surface area (Å²) in [5, 5.41) is 40.1. The minimum absolute atomic E-state index is 0.108. The molecule has 9 heteroatoms. The number of hydrogen-bond acceptors (Lipinski definition) is 9. The number of carbonyl (C=O) groups excluding carboxylic acids is 1. The Labute approximate surface area is 335 Å². The average molecular weight is 779 g/mol. The smallest absolute Gasteiger partial charge is 0.306 e. The second-order valence-electron chi connectivity index (χ2n) is 15.1. The van der Waals surface area contributed by atoms with Gasteiger partial charge in [0.2, 0.25) is 0 Å². The molecule has 0 aromatic rings. The van der Waals surface area contributed by atoms with E-state index in [4.69, 9.17) is 18.9 Å². The fraction of sp³-hybridized carbons (Fsp3) is 0.804. The molecule has 0 saturated carbocycles. The normalized spacial score (nSPS) is 21.2. The SMILES string of the molecule is CC/C=C\C/C=C\C/C=C\C/C=C\CCCOCC(COC1OC(CO)C(O)C(O)C1O)OC(=O)CCCCCCCCCCCCCCCCCCCC. The molecule has 0 bridgehead atoms. The van der Waals surface area contributed by atoms with Gasteiger partial charge in [0.15, 0.2) is 6.29 Å². The van der Waals surface area contributed by atoms with Gasteiger partial charge in [-0.3, -0.25) is 4.79 Å². The lowest BCUT2D eigenvalue weighted by molar-refractivity contribution is -0.305. The third-order valence-electron chi connectivity index (χ3n) is 10.0. The minimum atomic E-state index is -1.55. The van der Waals surface area contributed by atoms with Crippen LogP contribution in [0.2, 0.25) is 0 Å². The first kappa shape index (κ1) is 51.2. The fourth-order valence-corrected chi connectivity index (χ4v) is 6.55. The van der Waals surface area contributed by atoms with E-state index in [0.717, 1.165) is 57.8 Å². The van der Waals surface area contributed by atoms with Crippen molar-refractivity contribution in [3.05, 3.63) is 48.6 Å². The van der Waals surface area contributed by atoms with Crippen LogP contribution in [-0.2, 0) is 23.7 Å². The molecule has 1 heterocycles. The molecular formula is C46H82O9. The van der Waals surface area contributed by atoms with E-state index in [9.17, 15) is 25.2 Å². The highest BCUT2D eigenvalue weighted by Gasteiger charge is 2.44. The monoisotopic (exact) mass is 779 g/mol. The second kappa shape index (κ2) is 37.7. The van der Waals surface area contributed by atoms with Crippen LogP contribution in [0, 0.1) is 0 Å². The highest BCUT2D eigenvalue weighted by atomic mass is 16.7. The lowest BCUT2D eigenvalue weighted by atomic mass is 9.99. The molecule has 1 saturated heterocycles. The number of esters is 1. The summed E-state index contributed by atoms with van der Waals surface area (Å²) in [5.74, 6) is -0.331. The third kappa shape index (κ3) is 29.1. The van der Waals surface area contributed by atoms with Gasteiger partial charge in [-0.15, -0.1) is 0 Å². The molecule has 0 spiro atoms. The van der Waals surface area contributed by atoms with Crippen LogP contribution in [0.25, 0.3) is 0 Å². The fourth-order valence-electron chi connectivity index (χ4n) is 6.55. The Kier molecular flexibility index (Phi) is 35.1. The number of aliphatic hydroxyl groups is 4. The molecule has 55 heavy (non-hydrogen) atoms. The van der Waals surface area contributed by atoms with E-state index in [1.165, 1.54) is 96.3 Å². The van der Waals surface area contributed by atoms with Crippen LogP contribution in [0.15, 0.2) is 48.6 Å². The van der Waals surface area contributed by atoms with Crippen molar-refractivity contribution < 1.29 is 44.2 Å². The molecule has 0 aromatic carbocycles. The summed E-state index contributed by atoms with van der Waals surface area (Å²) in [6.45, 7) is 4.31. The van der Waals surface area contributed by atoms with Crippen molar-refractivity contribution in [1.29, 1.82) is 0 Å². The Morgan fingerprint density at radius 1 is 0.600 bits per heavy atom. The van der Waals surface area contributed by atoms with Gasteiger partial charge in [0, 0.05) is 13.0 Å². The Morgan fingerprint density at radius 3 is 1.60 bits per heavy atom. The van der Waals surface area contributed by atoms with Crippen LogP contribution in [0.5, 0.6) is 0 Å². The summed E-state index contributed by atoms with van der Waals surface area (Å²) in [4.78, 5) is 12.8. The minimum Gasteiger partial charge on any atom is -0.457 e. The summed E-state index contributed by atoms with van der Waals surface area (Å²) in [5.41, 5.74) is 0. The van der Waals surface area contributed by atoms with E-state index < -0.39 is 43.4 Å². The molecule has 0 radical (unpaired) electrons. The quantitative estimate of drug-likeness (QED) is 0.0276. The van der Waals surface area contributed by atoms with Gasteiger partial charge in [-0.25, -0.2) is 0 Å². The zero-order valence-electron chi connectivity index (χ0n) is 34.9. The standard InChI is InChI=1S/C46H82O9/c1-3-5-7-9-11-13-15-17-19-20-21-22-23-25-27-29-31-33-35-42(48)54-40(39-53-46-45(51)44(50)43(49)41(37-47)55-46)38-52-36-34-32-30-28-26-24-18-16-14-12-10-8-6-4-2/h6,8,12,14,18,24,28,30,40-41,43-47,49-51H,3-5,7,9-11,13,15-17,19-23,25-27,29,31-39H2,1-2H3/b8-6-,14-12-,24-18-,30-28-. The summed E-state index contributed by atoms with van der Waals surface area (Å²) < 4.78 is 22.7. The predicted octanol–water partition coefficient (Wildman–Crippen LogP) is 9.75. The van der Waals surface area contributed by atoms with E-state index in [1.807, 2.05) is 0 Å². The first-order valence-corrected chi connectivity index (χ1v) is 22.2. The van der Waals surface area contributed by atoms with Crippen molar-refractivity contribution in [3.63, 3.8) is 0 Å². The molecule has 320 valence electrons. The molecule has 6 unspecified atom stereocenters. The molecule has 4 N–H and O–H groups in total. The van der Waals surface area contributed by atoms with Crippen LogP contribution in [-0.4, -0.2) is 89.6 Å². The zero-order valence-corrected chi connectivity index (χ0v) is 34.9. The zero-order chi connectivity index (χ0) is 40.0. The highest BCUT2D eigenvalue weighted by molar-refractivity contribution is 5.69. The van der Waals surface area contributed by atoms with E-state index >= 15 is 0 Å². The Hall–Kier alpha value is -1.85. The molecule has 1 aliphatic heterocycles. The maximum absolute atomic E-state index is 12.8. The van der Waals surface area contributed by atoms with Gasteiger partial charge in [-0.1, -0.05) is 172 Å². The van der Waals surface area contributed by atoms with Crippen LogP contribution in [0.1, 0.15) is 174 Å². The van der Waals surface area contributed by atoms with Crippen LogP contribution >= 0.6 is 0 Å². The topological polar surface area (TPSA) is 135 Å². The summed E-state index contributed by atoms with van der Waals surface area (Å²) in [6.07, 6.45) is 38.6. The van der Waals surface area contributed by atoms with Gasteiger partial charge >= 0.3 is 5.97 Å². The number of rotatable bonds is 37. The summed E-state index contributed by atoms with van der Waals surface area (Å²) in [7, 11) is 0. The number of ether oxygens (including phenoxy) is 4. The molecular weight excluding hydrogens is 696 g/mol. The Bertz CT molecular complexity index is 978. The Balaban J connectivity index is 2.29. The number of unbranched alkanes of at least 4 members (excludes halogenated alkanes) is 18. The highest BCUT2D eigenvalue weighted by Crippen LogP contribution is 2.22. The largest absolute Gasteiger partial charge is 0.457 e.